The average Bonchev–Trinajstić information content (AvgIpc) is 3.21. The van der Waals surface area contributed by atoms with E-state index in [9.17, 15) is 9.90 Å². The topological polar surface area (TPSA) is 92.9 Å². The van der Waals surface area contributed by atoms with Crippen LogP contribution in [-0.2, 0) is 0 Å². The number of rotatable bonds is 7. The van der Waals surface area contributed by atoms with Gasteiger partial charge in [0, 0.05) is 22.5 Å². The van der Waals surface area contributed by atoms with Gasteiger partial charge >= 0.3 is 0 Å². The van der Waals surface area contributed by atoms with Crippen LogP contribution in [-0.4, -0.2) is 43.3 Å². The van der Waals surface area contributed by atoms with Gasteiger partial charge in [0.05, 0.1) is 17.0 Å². The van der Waals surface area contributed by atoms with Gasteiger partial charge in [0.1, 0.15) is 5.82 Å². The molecular formula is C21H20BrN5O2S2. The monoisotopic (exact) mass is 517 g/mol. The number of nitrogens with one attached hydrogen (secondary N) is 1. The second kappa shape index (κ2) is 9.47. The first kappa shape index (κ1) is 21.9. The summed E-state index contributed by atoms with van der Waals surface area (Å²) >= 11 is 6.12. The highest BCUT2D eigenvalue weighted by Crippen LogP contribution is 2.26. The molecule has 0 fully saturated rings. The van der Waals surface area contributed by atoms with Gasteiger partial charge in [-0.05, 0) is 44.2 Å². The molecule has 0 spiro atoms. The molecule has 7 nitrogen and oxygen atoms in total. The average molecular weight is 518 g/mol. The third kappa shape index (κ3) is 5.15. The molecule has 2 N–H and O–H groups in total. The molecule has 31 heavy (non-hydrogen) atoms. The van der Waals surface area contributed by atoms with Crippen LogP contribution in [0, 0.1) is 13.8 Å². The predicted molar refractivity (Wildman–Crippen MR) is 130 cm³/mol. The van der Waals surface area contributed by atoms with Gasteiger partial charge in [0.2, 0.25) is 5.13 Å². The van der Waals surface area contributed by atoms with Crippen molar-refractivity contribution in [3.05, 3.63) is 68.7 Å². The number of aromatic nitrogens is 4. The Morgan fingerprint density at radius 2 is 1.97 bits per heavy atom. The molecule has 0 aliphatic carbocycles. The van der Waals surface area contributed by atoms with Crippen molar-refractivity contribution in [3.63, 3.8) is 0 Å². The molecule has 160 valence electrons. The molecule has 10 heteroatoms. The number of hydrogen-bond acceptors (Lipinski definition) is 8. The Morgan fingerprint density at radius 1 is 1.19 bits per heavy atom. The van der Waals surface area contributed by atoms with Gasteiger partial charge in [-0.3, -0.25) is 4.79 Å². The van der Waals surface area contributed by atoms with Crippen molar-refractivity contribution in [3.8, 4) is 5.13 Å². The summed E-state index contributed by atoms with van der Waals surface area (Å²) in [5.41, 5.74) is 2.62. The number of anilines is 1. The summed E-state index contributed by atoms with van der Waals surface area (Å²) in [4.78, 5) is 17.5. The Hall–Kier alpha value is -2.27. The lowest BCUT2D eigenvalue weighted by molar-refractivity contribution is 0.213. The molecule has 2 aromatic heterocycles. The van der Waals surface area contributed by atoms with Crippen LogP contribution in [0.5, 0.6) is 0 Å². The maximum atomic E-state index is 13.0. The Kier molecular flexibility index (Phi) is 6.71. The van der Waals surface area contributed by atoms with E-state index >= 15 is 0 Å². The molecule has 0 saturated carbocycles. The lowest BCUT2D eigenvalue weighted by atomic mass is 10.2. The summed E-state index contributed by atoms with van der Waals surface area (Å²) < 4.78 is 2.98. The molecule has 1 unspecified atom stereocenters. The van der Waals surface area contributed by atoms with Crippen LogP contribution in [0.1, 0.15) is 11.4 Å². The fraction of sp³-hybridized carbons (Fsp3) is 0.238. The lowest BCUT2D eigenvalue weighted by Gasteiger charge is -2.11. The quantitative estimate of drug-likeness (QED) is 0.355. The third-order valence-electron chi connectivity index (χ3n) is 4.58. The van der Waals surface area contributed by atoms with Crippen molar-refractivity contribution in [1.82, 2.24) is 19.7 Å². The molecule has 0 radical (unpaired) electrons. The van der Waals surface area contributed by atoms with E-state index in [0.717, 1.165) is 10.2 Å². The third-order valence-corrected chi connectivity index (χ3v) is 7.26. The van der Waals surface area contributed by atoms with Crippen LogP contribution < -0.4 is 10.9 Å². The summed E-state index contributed by atoms with van der Waals surface area (Å²) in [6.07, 6.45) is -0.553. The van der Waals surface area contributed by atoms with Crippen LogP contribution in [0.15, 0.2) is 56.1 Å². The highest BCUT2D eigenvalue weighted by atomic mass is 79.9. The zero-order valence-electron chi connectivity index (χ0n) is 16.9. The van der Waals surface area contributed by atoms with E-state index < -0.39 is 6.10 Å². The molecule has 1 atom stereocenters. The zero-order chi connectivity index (χ0) is 22.0. The second-order valence-corrected chi connectivity index (χ2v) is 10.2. The number of fused-ring (bicyclic) bond motifs is 1. The molecular weight excluding hydrogens is 498 g/mol. The van der Waals surface area contributed by atoms with Crippen LogP contribution >= 0.6 is 39.0 Å². The van der Waals surface area contributed by atoms with E-state index in [0.29, 0.717) is 38.5 Å². The van der Waals surface area contributed by atoms with E-state index in [1.54, 1.807) is 13.0 Å². The second-order valence-electron chi connectivity index (χ2n) is 7.02. The first-order valence-corrected chi connectivity index (χ1v) is 12.1. The standard InChI is InChI=1S/C21H20BrN5O2S2/c1-12-3-6-15(7-4-12)23-10-16(28)11-30-21-26-25-20(31-21)27-13(2)24-18-8-5-14(22)9-17(18)19(27)29/h3-9,16,23,28H,10-11H2,1-2H3. The largest absolute Gasteiger partial charge is 0.390 e. The number of thioether (sulfide) groups is 1. The minimum absolute atomic E-state index is 0.182. The molecule has 4 rings (SSSR count). The number of benzene rings is 2. The molecule has 2 heterocycles. The Labute approximate surface area is 195 Å². The number of aliphatic hydroxyl groups excluding tert-OH is 1. The highest BCUT2D eigenvalue weighted by Gasteiger charge is 2.15. The molecule has 0 aliphatic heterocycles. The summed E-state index contributed by atoms with van der Waals surface area (Å²) in [6, 6.07) is 13.5. The number of halogens is 1. The number of aryl methyl sites for hydroxylation is 2. The van der Waals surface area contributed by atoms with E-state index in [1.165, 1.54) is 33.2 Å². The fourth-order valence-corrected chi connectivity index (χ4v) is 5.18. The van der Waals surface area contributed by atoms with Crippen LogP contribution in [0.25, 0.3) is 16.0 Å². The van der Waals surface area contributed by atoms with Gasteiger partial charge in [0.15, 0.2) is 4.34 Å². The summed E-state index contributed by atoms with van der Waals surface area (Å²) in [6.45, 7) is 4.25. The predicted octanol–water partition coefficient (Wildman–Crippen LogP) is 4.18. The molecule has 4 aromatic rings. The first-order valence-electron chi connectivity index (χ1n) is 9.55. The smallest absolute Gasteiger partial charge is 0.267 e. The number of aliphatic hydroxyl groups is 1. The van der Waals surface area contributed by atoms with Crippen molar-refractivity contribution >= 4 is 55.6 Å². The SMILES string of the molecule is Cc1ccc(NCC(O)CSc2nnc(-n3c(C)nc4ccc(Br)cc4c3=O)s2)cc1. The van der Waals surface area contributed by atoms with E-state index in [-0.39, 0.29) is 5.56 Å². The lowest BCUT2D eigenvalue weighted by Crippen LogP contribution is -2.22. The van der Waals surface area contributed by atoms with Gasteiger partial charge in [-0.25, -0.2) is 9.55 Å². The van der Waals surface area contributed by atoms with Crippen molar-refractivity contribution in [2.24, 2.45) is 0 Å². The molecule has 0 bridgehead atoms. The summed E-state index contributed by atoms with van der Waals surface area (Å²) in [7, 11) is 0. The minimum Gasteiger partial charge on any atom is -0.390 e. The molecule has 0 saturated heterocycles. The first-order chi connectivity index (χ1) is 14.9. The zero-order valence-corrected chi connectivity index (χ0v) is 20.1. The Morgan fingerprint density at radius 3 is 2.74 bits per heavy atom. The maximum Gasteiger partial charge on any atom is 0.267 e. The van der Waals surface area contributed by atoms with Crippen molar-refractivity contribution < 1.29 is 5.11 Å². The van der Waals surface area contributed by atoms with Crippen molar-refractivity contribution in [2.75, 3.05) is 17.6 Å². The van der Waals surface area contributed by atoms with Gasteiger partial charge < -0.3 is 10.4 Å². The molecule has 2 aromatic carbocycles. The van der Waals surface area contributed by atoms with Crippen LogP contribution in [0.4, 0.5) is 5.69 Å². The number of hydrogen-bond donors (Lipinski definition) is 2. The van der Waals surface area contributed by atoms with Crippen LogP contribution in [0.3, 0.4) is 0 Å². The van der Waals surface area contributed by atoms with Crippen molar-refractivity contribution in [2.45, 2.75) is 24.3 Å². The fourth-order valence-electron chi connectivity index (χ4n) is 2.98. The van der Waals surface area contributed by atoms with E-state index in [1.807, 2.05) is 43.3 Å². The number of nitrogens with zero attached hydrogens (tertiary/aromatic N) is 4. The van der Waals surface area contributed by atoms with E-state index in [4.69, 9.17) is 0 Å². The summed E-state index contributed by atoms with van der Waals surface area (Å²) in [5, 5.41) is 22.8. The molecule has 0 amide bonds. The Bertz CT molecular complexity index is 1270. The van der Waals surface area contributed by atoms with Crippen molar-refractivity contribution in [1.29, 1.82) is 0 Å². The van der Waals surface area contributed by atoms with Gasteiger partial charge in [-0.2, -0.15) is 0 Å². The maximum absolute atomic E-state index is 13.0. The minimum atomic E-state index is -0.553. The Balaban J connectivity index is 1.43. The normalized spacial score (nSPS) is 12.3. The van der Waals surface area contributed by atoms with Crippen LogP contribution in [0.2, 0.25) is 0 Å². The molecule has 0 aliphatic rings. The van der Waals surface area contributed by atoms with Gasteiger partial charge in [0.25, 0.3) is 5.56 Å². The highest BCUT2D eigenvalue weighted by molar-refractivity contribution is 9.10. The van der Waals surface area contributed by atoms with E-state index in [2.05, 4.69) is 36.4 Å². The van der Waals surface area contributed by atoms with Gasteiger partial charge in [-0.1, -0.05) is 56.7 Å². The van der Waals surface area contributed by atoms with Gasteiger partial charge in [-0.15, -0.1) is 10.2 Å². The summed E-state index contributed by atoms with van der Waals surface area (Å²) in [5.74, 6) is 1.01.